The summed E-state index contributed by atoms with van der Waals surface area (Å²) in [5.41, 5.74) is 1.50. The van der Waals surface area contributed by atoms with Crippen LogP contribution in [0.5, 0.6) is 0 Å². The molecule has 25 heavy (non-hydrogen) atoms. The molecule has 0 saturated heterocycles. The molecule has 0 amide bonds. The number of ketones is 2. The molecule has 1 saturated carbocycles. The Bertz CT molecular complexity index is 789. The highest BCUT2D eigenvalue weighted by atomic mass is 28.4. The molecule has 0 spiro atoms. The van der Waals surface area contributed by atoms with Crippen molar-refractivity contribution in [3.8, 4) is 0 Å². The molecular formula is C20H24O4Si. The van der Waals surface area contributed by atoms with Crippen LogP contribution in [0.4, 0.5) is 0 Å². The van der Waals surface area contributed by atoms with Gasteiger partial charge in [0.2, 0.25) is 11.6 Å². The number of benzene rings is 1. The van der Waals surface area contributed by atoms with Crippen LogP contribution in [-0.4, -0.2) is 25.7 Å². The van der Waals surface area contributed by atoms with Crippen LogP contribution in [0.1, 0.15) is 52.8 Å². The smallest absolute Gasteiger partial charge is 0.228 e. The standard InChI is InChI=1S/C20H24O4Si/c1-25(2,3)24-20-11-7-6-8-13(20)12-16-17(21)14-9-4-5-10-15(14)18(22)19(16)23-20/h4-5,9-10,13H,6-8,11-12H2,1-3H3. The monoisotopic (exact) mass is 356 g/mol. The Morgan fingerprint density at radius 3 is 2.44 bits per heavy atom. The van der Waals surface area contributed by atoms with E-state index in [9.17, 15) is 9.59 Å². The fourth-order valence-corrected chi connectivity index (χ4v) is 5.72. The number of hydrogen-bond acceptors (Lipinski definition) is 4. The maximum Gasteiger partial charge on any atom is 0.228 e. The highest BCUT2D eigenvalue weighted by Gasteiger charge is 2.53. The summed E-state index contributed by atoms with van der Waals surface area (Å²) in [7, 11) is -1.87. The summed E-state index contributed by atoms with van der Waals surface area (Å²) in [5.74, 6) is -0.581. The third kappa shape index (κ3) is 2.70. The van der Waals surface area contributed by atoms with Crippen molar-refractivity contribution < 1.29 is 18.8 Å². The second kappa shape index (κ2) is 5.64. The Morgan fingerprint density at radius 1 is 1.08 bits per heavy atom. The molecule has 0 radical (unpaired) electrons. The lowest BCUT2D eigenvalue weighted by Crippen LogP contribution is -2.54. The van der Waals surface area contributed by atoms with Gasteiger partial charge in [0, 0.05) is 29.0 Å². The van der Waals surface area contributed by atoms with Crippen LogP contribution in [0.3, 0.4) is 0 Å². The summed E-state index contributed by atoms with van der Waals surface area (Å²) in [5, 5.41) is 0. The first-order chi connectivity index (χ1) is 11.8. The van der Waals surface area contributed by atoms with Crippen molar-refractivity contribution in [2.24, 2.45) is 5.92 Å². The Labute approximate surface area is 149 Å². The quantitative estimate of drug-likeness (QED) is 0.733. The number of hydrogen-bond donors (Lipinski definition) is 0. The van der Waals surface area contributed by atoms with E-state index in [4.69, 9.17) is 9.16 Å². The lowest BCUT2D eigenvalue weighted by atomic mass is 9.74. The summed E-state index contributed by atoms with van der Waals surface area (Å²) in [6, 6.07) is 7.04. The molecule has 5 heteroatoms. The van der Waals surface area contributed by atoms with Crippen LogP contribution < -0.4 is 0 Å². The summed E-state index contributed by atoms with van der Waals surface area (Å²) in [6.45, 7) is 6.43. The van der Waals surface area contributed by atoms with E-state index >= 15 is 0 Å². The minimum Gasteiger partial charge on any atom is -0.458 e. The zero-order chi connectivity index (χ0) is 17.8. The third-order valence-electron chi connectivity index (χ3n) is 5.32. The van der Waals surface area contributed by atoms with Crippen LogP contribution in [-0.2, 0) is 9.16 Å². The van der Waals surface area contributed by atoms with Gasteiger partial charge in [-0.1, -0.05) is 30.7 Å². The number of allylic oxidation sites excluding steroid dienone is 2. The molecule has 1 aliphatic heterocycles. The lowest BCUT2D eigenvalue weighted by molar-refractivity contribution is -0.221. The van der Waals surface area contributed by atoms with E-state index in [-0.39, 0.29) is 23.2 Å². The Hall–Kier alpha value is -1.72. The van der Waals surface area contributed by atoms with Crippen molar-refractivity contribution in [2.45, 2.75) is 57.5 Å². The molecule has 2 aliphatic carbocycles. The Balaban J connectivity index is 1.79. The average molecular weight is 356 g/mol. The van der Waals surface area contributed by atoms with E-state index in [1.807, 2.05) is 0 Å². The molecule has 4 nitrogen and oxygen atoms in total. The molecule has 2 atom stereocenters. The van der Waals surface area contributed by atoms with Gasteiger partial charge in [0.25, 0.3) is 0 Å². The van der Waals surface area contributed by atoms with E-state index in [0.717, 1.165) is 25.7 Å². The van der Waals surface area contributed by atoms with Crippen molar-refractivity contribution in [1.82, 2.24) is 0 Å². The Morgan fingerprint density at radius 2 is 1.76 bits per heavy atom. The topological polar surface area (TPSA) is 52.6 Å². The van der Waals surface area contributed by atoms with Gasteiger partial charge in [-0.3, -0.25) is 9.59 Å². The summed E-state index contributed by atoms with van der Waals surface area (Å²) < 4.78 is 12.8. The van der Waals surface area contributed by atoms with Gasteiger partial charge in [-0.15, -0.1) is 0 Å². The normalized spacial score (nSPS) is 28.8. The predicted molar refractivity (Wildman–Crippen MR) is 97.0 cm³/mol. The summed E-state index contributed by atoms with van der Waals surface area (Å²) in [4.78, 5) is 25.9. The minimum absolute atomic E-state index is 0.0580. The van der Waals surface area contributed by atoms with Crippen LogP contribution in [0, 0.1) is 5.92 Å². The van der Waals surface area contributed by atoms with E-state index in [2.05, 4.69) is 19.6 Å². The first-order valence-electron chi connectivity index (χ1n) is 9.11. The molecule has 4 rings (SSSR count). The number of carbonyl (C=O) groups is 2. The number of Topliss-reactive ketones (excluding diaryl/α,β-unsaturated/α-hetero) is 2. The van der Waals surface area contributed by atoms with E-state index < -0.39 is 14.1 Å². The Kier molecular flexibility index (Phi) is 3.78. The first-order valence-corrected chi connectivity index (χ1v) is 12.5. The molecule has 2 unspecified atom stereocenters. The lowest BCUT2D eigenvalue weighted by Gasteiger charge is -2.50. The SMILES string of the molecule is C[Si](C)(C)OC12CCCCC1CC1=C(O2)C(=O)c2ccccc2C1=O. The molecule has 0 aromatic heterocycles. The third-order valence-corrected chi connectivity index (χ3v) is 6.28. The van der Waals surface area contributed by atoms with Crippen molar-refractivity contribution in [3.63, 3.8) is 0 Å². The molecular weight excluding hydrogens is 332 g/mol. The van der Waals surface area contributed by atoms with E-state index in [0.29, 0.717) is 23.1 Å². The first kappa shape index (κ1) is 16.7. The number of fused-ring (bicyclic) bond motifs is 2. The van der Waals surface area contributed by atoms with Gasteiger partial charge >= 0.3 is 0 Å². The van der Waals surface area contributed by atoms with Crippen molar-refractivity contribution in [3.05, 3.63) is 46.7 Å². The van der Waals surface area contributed by atoms with Crippen LogP contribution in [0.25, 0.3) is 0 Å². The maximum atomic E-state index is 13.0. The molecule has 0 bridgehead atoms. The van der Waals surface area contributed by atoms with Crippen LogP contribution in [0.2, 0.25) is 19.6 Å². The van der Waals surface area contributed by atoms with E-state index in [1.54, 1.807) is 24.3 Å². The van der Waals surface area contributed by atoms with Crippen molar-refractivity contribution in [2.75, 3.05) is 0 Å². The molecule has 0 N–H and O–H groups in total. The van der Waals surface area contributed by atoms with Gasteiger partial charge in [0.15, 0.2) is 19.9 Å². The molecule has 3 aliphatic rings. The van der Waals surface area contributed by atoms with Crippen molar-refractivity contribution >= 4 is 19.9 Å². The molecule has 1 heterocycles. The molecule has 1 fully saturated rings. The van der Waals surface area contributed by atoms with Crippen molar-refractivity contribution in [1.29, 1.82) is 0 Å². The van der Waals surface area contributed by atoms with Crippen LogP contribution in [0.15, 0.2) is 35.6 Å². The predicted octanol–water partition coefficient (Wildman–Crippen LogP) is 4.48. The zero-order valence-electron chi connectivity index (χ0n) is 15.1. The van der Waals surface area contributed by atoms with Gasteiger partial charge in [-0.05, 0) is 38.9 Å². The van der Waals surface area contributed by atoms with Gasteiger partial charge in [-0.25, -0.2) is 0 Å². The fourth-order valence-electron chi connectivity index (χ4n) is 4.37. The second-order valence-corrected chi connectivity index (χ2v) is 12.7. The highest BCUT2D eigenvalue weighted by molar-refractivity contribution is 6.69. The minimum atomic E-state index is -1.87. The summed E-state index contributed by atoms with van der Waals surface area (Å²) >= 11 is 0. The number of rotatable bonds is 2. The second-order valence-electron chi connectivity index (χ2n) is 8.29. The maximum absolute atomic E-state index is 13.0. The van der Waals surface area contributed by atoms with Gasteiger partial charge in [-0.2, -0.15) is 0 Å². The summed E-state index contributed by atoms with van der Waals surface area (Å²) in [6.07, 6.45) is 4.50. The zero-order valence-corrected chi connectivity index (χ0v) is 16.1. The molecule has 1 aromatic carbocycles. The molecule has 132 valence electrons. The fraction of sp³-hybridized carbons (Fsp3) is 0.500. The van der Waals surface area contributed by atoms with Crippen LogP contribution >= 0.6 is 0 Å². The largest absolute Gasteiger partial charge is 0.458 e. The number of ether oxygens (including phenoxy) is 1. The highest BCUT2D eigenvalue weighted by Crippen LogP contribution is 2.49. The van der Waals surface area contributed by atoms with E-state index in [1.165, 1.54) is 0 Å². The average Bonchev–Trinajstić information content (AvgIpc) is 2.56. The van der Waals surface area contributed by atoms with Gasteiger partial charge in [0.05, 0.1) is 0 Å². The van der Waals surface area contributed by atoms with Gasteiger partial charge in [0.1, 0.15) is 0 Å². The van der Waals surface area contributed by atoms with Gasteiger partial charge < -0.3 is 9.16 Å². The molecule has 1 aromatic rings. The number of carbonyl (C=O) groups excluding carboxylic acids is 2.